The van der Waals surface area contributed by atoms with Crippen LogP contribution < -0.4 is 0 Å². The minimum absolute atomic E-state index is 0.0678. The minimum atomic E-state index is -1.52. The Labute approximate surface area is 164 Å². The highest BCUT2D eigenvalue weighted by Gasteiger charge is 2.21. The molecule has 0 radical (unpaired) electrons. The number of hydrogen-bond acceptors (Lipinski definition) is 4. The molecule has 0 aliphatic carbocycles. The van der Waals surface area contributed by atoms with Gasteiger partial charge in [0.05, 0.1) is 11.2 Å². The third-order valence-electron chi connectivity index (χ3n) is 4.77. The van der Waals surface area contributed by atoms with Gasteiger partial charge >= 0.3 is 0 Å². The molecule has 3 heterocycles. The maximum Gasteiger partial charge on any atom is 0.193 e. The van der Waals surface area contributed by atoms with Crippen LogP contribution in [0.3, 0.4) is 0 Å². The highest BCUT2D eigenvalue weighted by molar-refractivity contribution is 5.79. The van der Waals surface area contributed by atoms with E-state index in [0.29, 0.717) is 22.5 Å². The average molecular weight is 387 g/mol. The summed E-state index contributed by atoms with van der Waals surface area (Å²) in [7, 11) is 0. The Morgan fingerprint density at radius 2 is 1.86 bits per heavy atom. The number of aryl methyl sites for hydroxylation is 1. The first kappa shape index (κ1) is 17.4. The molecular formula is C22H15F2N5. The molecule has 0 aliphatic heterocycles. The first-order valence-corrected chi connectivity index (χ1v) is 9.07. The largest absolute Gasteiger partial charge is 0.256 e. The quantitative estimate of drug-likeness (QED) is 0.444. The summed E-state index contributed by atoms with van der Waals surface area (Å²) in [4.78, 5) is 4.26. The summed E-state index contributed by atoms with van der Waals surface area (Å²) < 4.78 is 30.5. The fraction of sp³-hybridized carbons (Fsp3) is 0.0909. The maximum atomic E-state index is 15.4. The molecule has 0 saturated heterocycles. The van der Waals surface area contributed by atoms with Crippen molar-refractivity contribution in [2.24, 2.45) is 0 Å². The van der Waals surface area contributed by atoms with Crippen molar-refractivity contribution in [2.75, 3.05) is 0 Å². The number of hydrogen-bond donors (Lipinski definition) is 0. The molecule has 142 valence electrons. The van der Waals surface area contributed by atoms with Gasteiger partial charge in [-0.2, -0.15) is 9.61 Å². The molecular weight excluding hydrogens is 372 g/mol. The van der Waals surface area contributed by atoms with E-state index in [1.807, 2.05) is 19.1 Å². The van der Waals surface area contributed by atoms with Gasteiger partial charge in [-0.25, -0.2) is 8.78 Å². The third kappa shape index (κ3) is 3.10. The molecule has 5 rings (SSSR count). The van der Waals surface area contributed by atoms with Crippen molar-refractivity contribution in [3.8, 4) is 11.3 Å². The maximum absolute atomic E-state index is 15.4. The average Bonchev–Trinajstić information content (AvgIpc) is 3.15. The Hall–Kier alpha value is -3.74. The molecule has 3 aromatic heterocycles. The monoisotopic (exact) mass is 387 g/mol. The van der Waals surface area contributed by atoms with Gasteiger partial charge in [0.1, 0.15) is 5.82 Å². The van der Waals surface area contributed by atoms with Crippen molar-refractivity contribution in [3.05, 3.63) is 89.6 Å². The van der Waals surface area contributed by atoms with E-state index in [1.165, 1.54) is 16.6 Å². The number of halogens is 2. The summed E-state index contributed by atoms with van der Waals surface area (Å²) in [5.74, 6) is -0.280. The fourth-order valence-electron chi connectivity index (χ4n) is 3.40. The van der Waals surface area contributed by atoms with Crippen LogP contribution in [-0.2, 0) is 0 Å². The van der Waals surface area contributed by atoms with Crippen molar-refractivity contribution in [1.82, 2.24) is 24.8 Å². The Morgan fingerprint density at radius 3 is 2.72 bits per heavy atom. The van der Waals surface area contributed by atoms with Gasteiger partial charge in [-0.05, 0) is 66.6 Å². The van der Waals surface area contributed by atoms with Gasteiger partial charge in [0.2, 0.25) is 0 Å². The Bertz CT molecular complexity index is 1340. The molecule has 1 atom stereocenters. The predicted octanol–water partition coefficient (Wildman–Crippen LogP) is 4.85. The molecule has 0 bridgehead atoms. The van der Waals surface area contributed by atoms with Crippen LogP contribution in [-0.4, -0.2) is 24.8 Å². The molecule has 0 aliphatic rings. The first-order chi connectivity index (χ1) is 14.1. The molecule has 0 N–H and O–H groups in total. The van der Waals surface area contributed by atoms with Gasteiger partial charge in [0.15, 0.2) is 17.6 Å². The van der Waals surface area contributed by atoms with Crippen molar-refractivity contribution < 1.29 is 8.78 Å². The van der Waals surface area contributed by atoms with Crippen molar-refractivity contribution in [1.29, 1.82) is 0 Å². The van der Waals surface area contributed by atoms with E-state index in [1.54, 1.807) is 42.6 Å². The van der Waals surface area contributed by atoms with Gasteiger partial charge in [0, 0.05) is 17.1 Å². The van der Waals surface area contributed by atoms with Crippen molar-refractivity contribution in [3.63, 3.8) is 0 Å². The number of rotatable bonds is 3. The predicted molar refractivity (Wildman–Crippen MR) is 106 cm³/mol. The molecule has 0 saturated carbocycles. The van der Waals surface area contributed by atoms with E-state index in [0.717, 1.165) is 16.5 Å². The number of fused-ring (bicyclic) bond motifs is 2. The molecule has 0 amide bonds. The zero-order valence-electron chi connectivity index (χ0n) is 15.4. The summed E-state index contributed by atoms with van der Waals surface area (Å²) in [5.41, 5.74) is 3.54. The van der Waals surface area contributed by atoms with Gasteiger partial charge < -0.3 is 0 Å². The fourth-order valence-corrected chi connectivity index (χ4v) is 3.40. The lowest BCUT2D eigenvalue weighted by molar-refractivity contribution is 0.377. The zero-order chi connectivity index (χ0) is 20.0. The molecule has 1 unspecified atom stereocenters. The second-order valence-corrected chi connectivity index (χ2v) is 6.88. The van der Waals surface area contributed by atoms with Crippen LogP contribution in [0.4, 0.5) is 8.78 Å². The summed E-state index contributed by atoms with van der Waals surface area (Å²) in [6.45, 7) is 1.81. The standard InChI is InChI=1S/C22H15F2N5/c1-13-9-16(12-17(23)10-13)19-6-7-20-26-27-22(29(20)28-19)21(24)15-4-5-18-14(11-15)3-2-8-25-18/h2-12,21H,1H3. The topological polar surface area (TPSA) is 56.0 Å². The Kier molecular flexibility index (Phi) is 4.01. The molecule has 5 aromatic rings. The second kappa shape index (κ2) is 6.70. The van der Waals surface area contributed by atoms with Gasteiger partial charge in [-0.15, -0.1) is 10.2 Å². The number of nitrogens with zero attached hydrogens (tertiary/aromatic N) is 5. The van der Waals surface area contributed by atoms with Gasteiger partial charge in [0.25, 0.3) is 0 Å². The lowest BCUT2D eigenvalue weighted by atomic mass is 10.1. The Balaban J connectivity index is 1.60. The molecule has 2 aromatic carbocycles. The SMILES string of the molecule is Cc1cc(F)cc(-c2ccc3nnc(C(F)c4ccc5ncccc5c4)n3n2)c1. The first-order valence-electron chi connectivity index (χ1n) is 9.07. The van der Waals surface area contributed by atoms with E-state index < -0.39 is 6.17 Å². The van der Waals surface area contributed by atoms with E-state index in [9.17, 15) is 4.39 Å². The number of benzene rings is 2. The highest BCUT2D eigenvalue weighted by Crippen LogP contribution is 2.28. The van der Waals surface area contributed by atoms with E-state index in [-0.39, 0.29) is 11.6 Å². The molecule has 7 heteroatoms. The van der Waals surface area contributed by atoms with Crippen LogP contribution in [0.1, 0.15) is 23.1 Å². The van der Waals surface area contributed by atoms with Crippen molar-refractivity contribution >= 4 is 16.6 Å². The van der Waals surface area contributed by atoms with Crippen LogP contribution in [0.2, 0.25) is 0 Å². The summed E-state index contributed by atoms with van der Waals surface area (Å²) in [6.07, 6.45) is 0.173. The summed E-state index contributed by atoms with van der Waals surface area (Å²) in [6, 6.07) is 17.0. The molecule has 0 fully saturated rings. The second-order valence-electron chi connectivity index (χ2n) is 6.88. The summed E-state index contributed by atoms with van der Waals surface area (Å²) >= 11 is 0. The number of alkyl halides is 1. The zero-order valence-corrected chi connectivity index (χ0v) is 15.4. The summed E-state index contributed by atoms with van der Waals surface area (Å²) in [5, 5.41) is 13.3. The van der Waals surface area contributed by atoms with Crippen LogP contribution in [0.15, 0.2) is 66.9 Å². The molecule has 0 spiro atoms. The smallest absolute Gasteiger partial charge is 0.193 e. The van der Waals surface area contributed by atoms with E-state index in [2.05, 4.69) is 20.3 Å². The Morgan fingerprint density at radius 1 is 0.966 bits per heavy atom. The van der Waals surface area contributed by atoms with Crippen LogP contribution in [0.25, 0.3) is 27.8 Å². The minimum Gasteiger partial charge on any atom is -0.256 e. The highest BCUT2D eigenvalue weighted by atomic mass is 19.1. The van der Waals surface area contributed by atoms with Crippen LogP contribution in [0, 0.1) is 12.7 Å². The normalized spacial score (nSPS) is 12.5. The lowest BCUT2D eigenvalue weighted by Crippen LogP contribution is -2.05. The van der Waals surface area contributed by atoms with Crippen molar-refractivity contribution in [2.45, 2.75) is 13.1 Å². The van der Waals surface area contributed by atoms with E-state index in [4.69, 9.17) is 0 Å². The number of aromatic nitrogens is 5. The van der Waals surface area contributed by atoms with Crippen LogP contribution in [0.5, 0.6) is 0 Å². The van der Waals surface area contributed by atoms with Gasteiger partial charge in [-0.1, -0.05) is 12.1 Å². The van der Waals surface area contributed by atoms with E-state index >= 15 is 4.39 Å². The van der Waals surface area contributed by atoms with Crippen LogP contribution >= 0.6 is 0 Å². The molecule has 29 heavy (non-hydrogen) atoms. The lowest BCUT2D eigenvalue weighted by Gasteiger charge is -2.09. The third-order valence-corrected chi connectivity index (χ3v) is 4.77. The van der Waals surface area contributed by atoms with Gasteiger partial charge in [-0.3, -0.25) is 4.98 Å². The molecule has 5 nitrogen and oxygen atoms in total. The number of pyridine rings is 1.